The zero-order valence-electron chi connectivity index (χ0n) is 25.3. The van der Waals surface area contributed by atoms with E-state index in [2.05, 4.69) is 78.3 Å². The molecule has 2 amide bonds. The first-order chi connectivity index (χ1) is 21.3. The minimum atomic E-state index is -1.17. The second kappa shape index (κ2) is 21.6. The summed E-state index contributed by atoms with van der Waals surface area (Å²) < 4.78 is 24.9. The van der Waals surface area contributed by atoms with Gasteiger partial charge in [-0.05, 0) is 44.9 Å². The van der Waals surface area contributed by atoms with Gasteiger partial charge in [0.05, 0.1) is 12.3 Å². The zero-order chi connectivity index (χ0) is 32.0. The monoisotopic (exact) mass is 616 g/mol. The number of aliphatic hydroxyl groups is 1. The third-order valence-corrected chi connectivity index (χ3v) is 6.47. The molecule has 12 heteroatoms. The number of hydrogen-bond donors (Lipinski definition) is 4. The van der Waals surface area contributed by atoms with E-state index in [1.54, 1.807) is 0 Å². The highest BCUT2D eigenvalue weighted by molar-refractivity contribution is 5.75. The minimum Gasteiger partial charge on any atom is -0.447 e. The number of allylic oxidation sites excluding steroid dienone is 10. The zero-order valence-corrected chi connectivity index (χ0v) is 25.3. The number of carbonyl (C=O) groups is 2. The molecule has 1 aromatic heterocycles. The Morgan fingerprint density at radius 3 is 2.23 bits per heavy atom. The highest BCUT2D eigenvalue weighted by Gasteiger charge is 2.36. The summed E-state index contributed by atoms with van der Waals surface area (Å²) in [7, 11) is 0. The van der Waals surface area contributed by atoms with Gasteiger partial charge in [0.15, 0.2) is 0 Å². The van der Waals surface area contributed by atoms with Crippen LogP contribution in [0.2, 0.25) is 0 Å². The predicted molar refractivity (Wildman–Crippen MR) is 166 cm³/mol. The number of halogens is 1. The first-order valence-corrected chi connectivity index (χ1v) is 15.1. The molecular weight excluding hydrogens is 571 g/mol. The van der Waals surface area contributed by atoms with Crippen LogP contribution in [0, 0.1) is 5.82 Å². The SMILES string of the molecule is CC/C=C\C/C=C\C/C=C\C/C=C\C/C=C\CCCC(=O)NCCNC(=O)OC[C@H]1OC(n2cc(F)c(=O)[nH]c2=O)C[C@@H]1O. The molecule has 4 N–H and O–H groups in total. The predicted octanol–water partition coefficient (Wildman–Crippen LogP) is 4.09. The van der Waals surface area contributed by atoms with Gasteiger partial charge in [-0.3, -0.25) is 19.1 Å². The van der Waals surface area contributed by atoms with E-state index in [0.29, 0.717) is 19.0 Å². The highest BCUT2D eigenvalue weighted by atomic mass is 19.1. The Balaban J connectivity index is 1.47. The van der Waals surface area contributed by atoms with Gasteiger partial charge in [-0.25, -0.2) is 9.59 Å². The average Bonchev–Trinajstić information content (AvgIpc) is 3.37. The van der Waals surface area contributed by atoms with Crippen molar-refractivity contribution >= 4 is 12.0 Å². The smallest absolute Gasteiger partial charge is 0.407 e. The molecule has 242 valence electrons. The van der Waals surface area contributed by atoms with E-state index >= 15 is 0 Å². The molecule has 1 aliphatic heterocycles. The Bertz CT molecular complexity index is 1280. The number of rotatable bonds is 19. The van der Waals surface area contributed by atoms with Crippen molar-refractivity contribution in [1.82, 2.24) is 20.2 Å². The van der Waals surface area contributed by atoms with Crippen LogP contribution in [0.25, 0.3) is 0 Å². The molecule has 0 radical (unpaired) electrons. The summed E-state index contributed by atoms with van der Waals surface area (Å²) in [5.41, 5.74) is -2.04. The van der Waals surface area contributed by atoms with Gasteiger partial charge < -0.3 is 25.2 Å². The van der Waals surface area contributed by atoms with Crippen LogP contribution in [0.4, 0.5) is 9.18 Å². The summed E-state index contributed by atoms with van der Waals surface area (Å²) in [6.45, 7) is 2.18. The molecule has 1 unspecified atom stereocenters. The fraction of sp³-hybridized carbons (Fsp3) is 0.500. The lowest BCUT2D eigenvalue weighted by molar-refractivity contribution is -0.121. The van der Waals surface area contributed by atoms with Gasteiger partial charge in [0.2, 0.25) is 11.7 Å². The topological polar surface area (TPSA) is 152 Å². The van der Waals surface area contributed by atoms with Crippen molar-refractivity contribution in [1.29, 1.82) is 0 Å². The van der Waals surface area contributed by atoms with Crippen molar-refractivity contribution in [2.75, 3.05) is 19.7 Å². The molecular formula is C32H45FN4O7. The van der Waals surface area contributed by atoms with Crippen LogP contribution < -0.4 is 21.9 Å². The van der Waals surface area contributed by atoms with Crippen LogP contribution in [-0.4, -0.2) is 58.6 Å². The molecule has 0 spiro atoms. The maximum Gasteiger partial charge on any atom is 0.407 e. The Kier molecular flexibility index (Phi) is 17.8. The lowest BCUT2D eigenvalue weighted by atomic mass is 10.2. The van der Waals surface area contributed by atoms with Gasteiger partial charge in [0.1, 0.15) is 18.9 Å². The number of aromatic amines is 1. The summed E-state index contributed by atoms with van der Waals surface area (Å²) in [6, 6.07) is 0. The van der Waals surface area contributed by atoms with Crippen LogP contribution in [0.15, 0.2) is 76.5 Å². The largest absolute Gasteiger partial charge is 0.447 e. The van der Waals surface area contributed by atoms with Crippen molar-refractivity contribution < 1.29 is 28.6 Å². The van der Waals surface area contributed by atoms with Crippen LogP contribution in [0.5, 0.6) is 0 Å². The minimum absolute atomic E-state index is 0.0614. The van der Waals surface area contributed by atoms with Crippen LogP contribution in [0.3, 0.4) is 0 Å². The van der Waals surface area contributed by atoms with Crippen molar-refractivity contribution in [3.8, 4) is 0 Å². The molecule has 1 fully saturated rings. The van der Waals surface area contributed by atoms with Gasteiger partial charge in [-0.15, -0.1) is 0 Å². The molecule has 3 atom stereocenters. The fourth-order valence-electron chi connectivity index (χ4n) is 4.12. The van der Waals surface area contributed by atoms with E-state index in [0.717, 1.165) is 43.1 Å². The molecule has 0 saturated carbocycles. The molecule has 1 aromatic rings. The second-order valence-electron chi connectivity index (χ2n) is 10.1. The van der Waals surface area contributed by atoms with Gasteiger partial charge in [-0.1, -0.05) is 67.7 Å². The Morgan fingerprint density at radius 2 is 1.59 bits per heavy atom. The van der Waals surface area contributed by atoms with E-state index in [9.17, 15) is 28.7 Å². The number of amides is 2. The quantitative estimate of drug-likeness (QED) is 0.135. The third-order valence-electron chi connectivity index (χ3n) is 6.47. The molecule has 44 heavy (non-hydrogen) atoms. The molecule has 0 bridgehead atoms. The van der Waals surface area contributed by atoms with E-state index < -0.39 is 41.6 Å². The van der Waals surface area contributed by atoms with E-state index in [1.807, 2.05) is 4.98 Å². The Labute approximate surface area is 257 Å². The molecule has 0 aromatic carbocycles. The molecule has 1 saturated heterocycles. The number of hydrogen-bond acceptors (Lipinski definition) is 7. The van der Waals surface area contributed by atoms with Crippen molar-refractivity contribution in [2.24, 2.45) is 0 Å². The fourth-order valence-corrected chi connectivity index (χ4v) is 4.12. The van der Waals surface area contributed by atoms with Gasteiger partial charge in [-0.2, -0.15) is 4.39 Å². The third kappa shape index (κ3) is 14.9. The maximum atomic E-state index is 13.5. The van der Waals surface area contributed by atoms with Crippen molar-refractivity contribution in [3.05, 3.63) is 93.6 Å². The number of aliphatic hydroxyl groups excluding tert-OH is 1. The lowest BCUT2D eigenvalue weighted by Gasteiger charge is -2.16. The van der Waals surface area contributed by atoms with Crippen molar-refractivity contribution in [3.63, 3.8) is 0 Å². The van der Waals surface area contributed by atoms with Crippen LogP contribution >= 0.6 is 0 Å². The standard InChI is InChI=1S/C32H45FN4O7/c1-2-3-4-5-6-7-8-9-10-11-12-13-14-15-16-17-18-19-28(39)34-20-21-35-32(42)43-24-27-26(38)22-29(44-27)37-23-25(33)30(40)36-31(37)41/h3-4,6-7,9-10,12-13,15-16,23,26-27,29,38H,2,5,8,11,14,17-22,24H2,1H3,(H,34,39)(H,35,42)(H,36,40,41)/b4-3-,7-6-,10-9-,13-12-,16-15-/t26-,27+,29?/m0/s1. The molecule has 11 nitrogen and oxygen atoms in total. The summed E-state index contributed by atoms with van der Waals surface area (Å²) in [6.07, 6.45) is 24.9. The number of carbonyl (C=O) groups excluding carboxylic acids is 2. The summed E-state index contributed by atoms with van der Waals surface area (Å²) in [5.74, 6) is -1.28. The summed E-state index contributed by atoms with van der Waals surface area (Å²) in [4.78, 5) is 48.8. The number of nitrogens with one attached hydrogen (secondary N) is 3. The molecule has 2 heterocycles. The lowest BCUT2D eigenvalue weighted by Crippen LogP contribution is -2.37. The Hall–Kier alpha value is -4.03. The number of ether oxygens (including phenoxy) is 2. The van der Waals surface area contributed by atoms with Gasteiger partial charge in [0, 0.05) is 25.9 Å². The van der Waals surface area contributed by atoms with Crippen LogP contribution in [-0.2, 0) is 14.3 Å². The van der Waals surface area contributed by atoms with E-state index in [4.69, 9.17) is 9.47 Å². The number of aromatic nitrogens is 2. The summed E-state index contributed by atoms with van der Waals surface area (Å²) >= 11 is 0. The van der Waals surface area contributed by atoms with Crippen molar-refractivity contribution in [2.45, 2.75) is 83.1 Å². The normalized spacial score (nSPS) is 18.8. The van der Waals surface area contributed by atoms with Crippen LogP contribution in [0.1, 0.15) is 70.9 Å². The van der Waals surface area contributed by atoms with Gasteiger partial charge in [0.25, 0.3) is 5.56 Å². The van der Waals surface area contributed by atoms with E-state index in [-0.39, 0.29) is 32.0 Å². The second-order valence-corrected chi connectivity index (χ2v) is 10.1. The molecule has 2 rings (SSSR count). The molecule has 1 aliphatic rings. The first kappa shape index (κ1) is 36.2. The highest BCUT2D eigenvalue weighted by Crippen LogP contribution is 2.27. The number of unbranched alkanes of at least 4 members (excludes halogenated alkanes) is 1. The van der Waals surface area contributed by atoms with E-state index in [1.165, 1.54) is 0 Å². The average molecular weight is 617 g/mol. The maximum absolute atomic E-state index is 13.5. The van der Waals surface area contributed by atoms with Gasteiger partial charge >= 0.3 is 11.8 Å². The Morgan fingerprint density at radius 1 is 1.00 bits per heavy atom. The summed E-state index contributed by atoms with van der Waals surface area (Å²) in [5, 5.41) is 15.4. The molecule has 0 aliphatic carbocycles. The number of alkyl carbamates (subject to hydrolysis) is 1. The number of H-pyrrole nitrogens is 1. The number of nitrogens with zero attached hydrogens (tertiary/aromatic N) is 1. The first-order valence-electron chi connectivity index (χ1n) is 15.1.